The number of rotatable bonds is 1. The summed E-state index contributed by atoms with van der Waals surface area (Å²) in [6.45, 7) is 5.68. The molecule has 1 aromatic carbocycles. The van der Waals surface area contributed by atoms with Crippen molar-refractivity contribution < 1.29 is 4.39 Å². The van der Waals surface area contributed by atoms with Gasteiger partial charge < -0.3 is 5.73 Å². The van der Waals surface area contributed by atoms with Crippen LogP contribution in [0.1, 0.15) is 30.9 Å². The first-order valence-electron chi connectivity index (χ1n) is 7.28. The van der Waals surface area contributed by atoms with E-state index in [1.807, 2.05) is 19.9 Å². The first-order chi connectivity index (χ1) is 9.99. The zero-order valence-corrected chi connectivity index (χ0v) is 13.3. The van der Waals surface area contributed by atoms with E-state index < -0.39 is 5.54 Å². The van der Waals surface area contributed by atoms with Gasteiger partial charge in [0.25, 0.3) is 0 Å². The summed E-state index contributed by atoms with van der Waals surface area (Å²) in [6.07, 6.45) is 2.17. The second-order valence-corrected chi connectivity index (χ2v) is 7.54. The molecule has 4 nitrogen and oxygen atoms in total. The van der Waals surface area contributed by atoms with Gasteiger partial charge in [-0.2, -0.15) is 0 Å². The zero-order valence-electron chi connectivity index (χ0n) is 12.5. The minimum absolute atomic E-state index is 0.216. The molecule has 0 spiro atoms. The summed E-state index contributed by atoms with van der Waals surface area (Å²) < 4.78 is 21.1. The van der Waals surface area contributed by atoms with Crippen LogP contribution in [0.25, 0.3) is 0 Å². The molecule has 0 amide bonds. The molecule has 0 aromatic heterocycles. The van der Waals surface area contributed by atoms with E-state index in [-0.39, 0.29) is 16.7 Å². The van der Waals surface area contributed by atoms with Crippen molar-refractivity contribution in [3.8, 4) is 0 Å². The van der Waals surface area contributed by atoms with Gasteiger partial charge in [0.1, 0.15) is 11.4 Å². The largest absolute Gasteiger partial charge is 0.369 e. The van der Waals surface area contributed by atoms with Crippen molar-refractivity contribution >= 4 is 16.8 Å². The zero-order chi connectivity index (χ0) is 15.0. The Kier molecular flexibility index (Phi) is 3.73. The number of nitrogens with zero attached hydrogens (tertiary/aromatic N) is 3. The normalized spacial score (nSPS) is 29.2. The Morgan fingerprint density at radius 1 is 1.38 bits per heavy atom. The number of hydrogen-bond donors (Lipinski definition) is 1. The summed E-state index contributed by atoms with van der Waals surface area (Å²) in [7, 11) is -0.299. The number of benzene rings is 1. The summed E-state index contributed by atoms with van der Waals surface area (Å²) in [6, 6.07) is 5.17. The molecule has 0 fully saturated rings. The highest BCUT2D eigenvalue weighted by molar-refractivity contribution is 7.85. The van der Waals surface area contributed by atoms with Gasteiger partial charge in [-0.25, -0.2) is 13.7 Å². The lowest BCUT2D eigenvalue weighted by Crippen LogP contribution is -2.49. The van der Waals surface area contributed by atoms with Gasteiger partial charge in [-0.1, -0.05) is 17.7 Å². The molecule has 2 aliphatic rings. The Bertz CT molecular complexity index is 628. The summed E-state index contributed by atoms with van der Waals surface area (Å²) in [4.78, 5) is 4.64. The topological polar surface area (TPSA) is 54.0 Å². The van der Waals surface area contributed by atoms with Gasteiger partial charge in [0.05, 0.1) is 5.75 Å². The Hall–Kier alpha value is -1.43. The Labute approximate surface area is 127 Å². The van der Waals surface area contributed by atoms with Crippen LogP contribution in [-0.4, -0.2) is 29.1 Å². The molecule has 6 heteroatoms. The maximum absolute atomic E-state index is 14.3. The highest BCUT2D eigenvalue weighted by Gasteiger charge is 2.37. The van der Waals surface area contributed by atoms with E-state index in [1.54, 1.807) is 6.07 Å². The minimum Gasteiger partial charge on any atom is -0.369 e. The summed E-state index contributed by atoms with van der Waals surface area (Å²) in [5.41, 5.74) is 7.18. The molecule has 2 atom stereocenters. The van der Waals surface area contributed by atoms with Crippen LogP contribution in [0.15, 0.2) is 27.6 Å². The first-order valence-corrected chi connectivity index (χ1v) is 8.58. The van der Waals surface area contributed by atoms with Gasteiger partial charge in [-0.15, -0.1) is 0 Å². The van der Waals surface area contributed by atoms with Crippen LogP contribution in [-0.2, 0) is 16.4 Å². The fourth-order valence-corrected chi connectivity index (χ4v) is 4.89. The Morgan fingerprint density at radius 3 is 3.00 bits per heavy atom. The second-order valence-electron chi connectivity index (χ2n) is 5.87. The fraction of sp³-hybridized carbons (Fsp3) is 0.533. The minimum atomic E-state index is -0.631. The molecule has 1 unspecified atom stereocenters. The van der Waals surface area contributed by atoms with E-state index in [4.69, 9.17) is 10.1 Å². The van der Waals surface area contributed by atoms with Crippen LogP contribution in [0.4, 0.5) is 4.39 Å². The quantitative estimate of drug-likeness (QED) is 0.866. The van der Waals surface area contributed by atoms with Crippen molar-refractivity contribution in [2.45, 2.75) is 32.2 Å². The Balaban J connectivity index is 2.07. The molecular weight excluding hydrogens is 287 g/mol. The molecule has 0 saturated heterocycles. The van der Waals surface area contributed by atoms with Crippen LogP contribution >= 0.6 is 0 Å². The van der Waals surface area contributed by atoms with Gasteiger partial charge in [0.2, 0.25) is 5.96 Å². The standard InChI is InChI=1S/C15H21FN4S/c1-11-5-6-13(16)12(9-11)15(2)10-21-18-7-3-4-8-20(21)14(17)19-15/h5-6,9H,3-4,7-8,10H2,1-2H3,(H2,17,19)/t15-,21?/m0/s1. The average Bonchev–Trinajstić information content (AvgIpc) is 2.66. The Morgan fingerprint density at radius 2 is 2.19 bits per heavy atom. The van der Waals surface area contributed by atoms with E-state index in [9.17, 15) is 4.39 Å². The van der Waals surface area contributed by atoms with Crippen LogP contribution in [0, 0.1) is 12.7 Å². The molecule has 0 aliphatic carbocycles. The SMILES string of the molecule is Cc1ccc(F)c([C@]2(C)CS3=NCCCCN3C(N)=N2)c1. The number of halogens is 1. The van der Waals surface area contributed by atoms with Crippen molar-refractivity contribution in [2.75, 3.05) is 18.8 Å². The number of guanidine groups is 1. The maximum atomic E-state index is 14.3. The van der Waals surface area contributed by atoms with Gasteiger partial charge >= 0.3 is 0 Å². The predicted molar refractivity (Wildman–Crippen MR) is 85.6 cm³/mol. The number of aryl methyl sites for hydroxylation is 1. The van der Waals surface area contributed by atoms with E-state index in [0.717, 1.165) is 31.5 Å². The van der Waals surface area contributed by atoms with E-state index >= 15 is 0 Å². The van der Waals surface area contributed by atoms with Gasteiger partial charge in [-0.05, 0) is 43.6 Å². The van der Waals surface area contributed by atoms with Gasteiger partial charge in [-0.3, -0.25) is 4.31 Å². The van der Waals surface area contributed by atoms with Crippen LogP contribution in [0.2, 0.25) is 0 Å². The van der Waals surface area contributed by atoms with E-state index in [1.165, 1.54) is 6.07 Å². The highest BCUT2D eigenvalue weighted by atomic mass is 32.2. The van der Waals surface area contributed by atoms with Gasteiger partial charge in [0.15, 0.2) is 0 Å². The molecule has 3 rings (SSSR count). The number of hydrogen-bond acceptors (Lipinski definition) is 4. The van der Waals surface area contributed by atoms with E-state index in [2.05, 4.69) is 9.30 Å². The van der Waals surface area contributed by atoms with Crippen molar-refractivity contribution in [3.63, 3.8) is 0 Å². The maximum Gasteiger partial charge on any atom is 0.203 e. The third kappa shape index (κ3) is 2.69. The molecule has 2 heterocycles. The summed E-state index contributed by atoms with van der Waals surface area (Å²) in [5.74, 6) is 0.985. The monoisotopic (exact) mass is 308 g/mol. The molecule has 0 saturated carbocycles. The van der Waals surface area contributed by atoms with Crippen molar-refractivity contribution in [2.24, 2.45) is 15.1 Å². The van der Waals surface area contributed by atoms with Crippen molar-refractivity contribution in [3.05, 3.63) is 35.1 Å². The van der Waals surface area contributed by atoms with Gasteiger partial charge in [0, 0.05) is 18.7 Å². The summed E-state index contributed by atoms with van der Waals surface area (Å²) >= 11 is 0. The lowest BCUT2D eigenvalue weighted by molar-refractivity contribution is 0.481. The number of fused-ring (bicyclic) bond motifs is 1. The number of aliphatic imine (C=N–C) groups is 1. The average molecular weight is 308 g/mol. The molecule has 0 radical (unpaired) electrons. The molecule has 2 N–H and O–H groups in total. The molecule has 0 bridgehead atoms. The summed E-state index contributed by atoms with van der Waals surface area (Å²) in [5, 5.41) is 0. The van der Waals surface area contributed by atoms with Crippen LogP contribution < -0.4 is 5.73 Å². The fourth-order valence-electron chi connectivity index (χ4n) is 2.84. The van der Waals surface area contributed by atoms with Crippen LogP contribution in [0.5, 0.6) is 0 Å². The van der Waals surface area contributed by atoms with E-state index in [0.29, 0.717) is 17.3 Å². The first kappa shape index (κ1) is 14.5. The lowest BCUT2D eigenvalue weighted by Gasteiger charge is -2.38. The second kappa shape index (κ2) is 5.40. The smallest absolute Gasteiger partial charge is 0.203 e. The lowest BCUT2D eigenvalue weighted by atomic mass is 9.93. The molecule has 21 heavy (non-hydrogen) atoms. The molecular formula is C15H21FN4S. The molecule has 1 aromatic rings. The van der Waals surface area contributed by atoms with Crippen LogP contribution in [0.3, 0.4) is 0 Å². The highest BCUT2D eigenvalue weighted by Crippen LogP contribution is 2.34. The third-order valence-electron chi connectivity index (χ3n) is 3.99. The van der Waals surface area contributed by atoms with Crippen molar-refractivity contribution in [1.82, 2.24) is 4.31 Å². The predicted octanol–water partition coefficient (Wildman–Crippen LogP) is 2.49. The molecule has 114 valence electrons. The van der Waals surface area contributed by atoms with Crippen molar-refractivity contribution in [1.29, 1.82) is 0 Å². The third-order valence-corrected chi connectivity index (χ3v) is 6.17. The molecule has 2 aliphatic heterocycles. The number of nitrogens with two attached hydrogens (primary N) is 1.